The molecule has 0 saturated heterocycles. The van der Waals surface area contributed by atoms with Gasteiger partial charge in [0.15, 0.2) is 0 Å². The van der Waals surface area contributed by atoms with Gasteiger partial charge in [-0.15, -0.1) is 11.6 Å². The maximum absolute atomic E-state index is 13.7. The largest absolute Gasteiger partial charge is 0.328 e. The first-order chi connectivity index (χ1) is 9.43. The first kappa shape index (κ1) is 15.6. The van der Waals surface area contributed by atoms with E-state index in [1.807, 2.05) is 0 Å². The predicted octanol–water partition coefficient (Wildman–Crippen LogP) is 4.90. The number of alkyl halides is 1. The monoisotopic (exact) mass is 316 g/mol. The van der Waals surface area contributed by atoms with Gasteiger partial charge in [0.1, 0.15) is 11.6 Å². The molecule has 1 aromatic carbocycles. The Labute approximate surface area is 128 Å². The summed E-state index contributed by atoms with van der Waals surface area (Å²) in [7, 11) is 0. The maximum atomic E-state index is 13.7. The SMILES string of the molecule is CC(C)C(C)Cn1c(CCCl)nc2cc(Cl)c(F)cc21. The Bertz CT molecular complexity index is 607. The average Bonchev–Trinajstić information content (AvgIpc) is 2.68. The topological polar surface area (TPSA) is 17.8 Å². The fourth-order valence-electron chi connectivity index (χ4n) is 2.15. The Balaban J connectivity index is 2.52. The molecule has 1 atom stereocenters. The third-order valence-corrected chi connectivity index (χ3v) is 4.27. The van der Waals surface area contributed by atoms with Crippen LogP contribution in [-0.2, 0) is 13.0 Å². The lowest BCUT2D eigenvalue weighted by molar-refractivity contribution is 0.364. The van der Waals surface area contributed by atoms with Crippen LogP contribution in [0.15, 0.2) is 12.1 Å². The number of hydrogen-bond acceptors (Lipinski definition) is 1. The van der Waals surface area contributed by atoms with Gasteiger partial charge < -0.3 is 4.57 Å². The number of imidazole rings is 1. The molecule has 2 rings (SSSR count). The van der Waals surface area contributed by atoms with Gasteiger partial charge in [0.05, 0.1) is 16.1 Å². The fourth-order valence-corrected chi connectivity index (χ4v) is 2.47. The molecule has 0 radical (unpaired) electrons. The Kier molecular flexibility index (Phi) is 4.92. The third kappa shape index (κ3) is 3.09. The van der Waals surface area contributed by atoms with E-state index in [0.29, 0.717) is 24.1 Å². The lowest BCUT2D eigenvalue weighted by atomic mass is 9.98. The van der Waals surface area contributed by atoms with Crippen molar-refractivity contribution in [1.82, 2.24) is 9.55 Å². The normalized spacial score (nSPS) is 13.3. The Morgan fingerprint density at radius 3 is 2.60 bits per heavy atom. The van der Waals surface area contributed by atoms with Crippen molar-refractivity contribution in [2.24, 2.45) is 11.8 Å². The first-order valence-corrected chi connectivity index (χ1v) is 7.75. The minimum Gasteiger partial charge on any atom is -0.328 e. The molecule has 0 aliphatic heterocycles. The lowest BCUT2D eigenvalue weighted by Gasteiger charge is -2.18. The number of benzene rings is 1. The summed E-state index contributed by atoms with van der Waals surface area (Å²) in [6.45, 7) is 7.36. The van der Waals surface area contributed by atoms with E-state index in [1.165, 1.54) is 6.07 Å². The van der Waals surface area contributed by atoms with Crippen LogP contribution in [0.2, 0.25) is 5.02 Å². The zero-order valence-corrected chi connectivity index (χ0v) is 13.5. The Morgan fingerprint density at radius 2 is 2.00 bits per heavy atom. The number of hydrogen-bond donors (Lipinski definition) is 0. The highest BCUT2D eigenvalue weighted by molar-refractivity contribution is 6.31. The Hall–Kier alpha value is -0.800. The summed E-state index contributed by atoms with van der Waals surface area (Å²) in [6.07, 6.45) is 0.667. The van der Waals surface area contributed by atoms with Crippen LogP contribution < -0.4 is 0 Å². The van der Waals surface area contributed by atoms with Crippen LogP contribution in [0.25, 0.3) is 11.0 Å². The summed E-state index contributed by atoms with van der Waals surface area (Å²) in [5, 5.41) is 0.108. The van der Waals surface area contributed by atoms with Gasteiger partial charge in [-0.1, -0.05) is 32.4 Å². The van der Waals surface area contributed by atoms with E-state index in [2.05, 4.69) is 30.3 Å². The molecule has 0 bridgehead atoms. The van der Waals surface area contributed by atoms with Crippen LogP contribution in [0.1, 0.15) is 26.6 Å². The summed E-state index contributed by atoms with van der Waals surface area (Å²) in [6, 6.07) is 3.05. The molecule has 0 fully saturated rings. The fraction of sp³-hybridized carbons (Fsp3) is 0.533. The van der Waals surface area contributed by atoms with Gasteiger partial charge in [-0.3, -0.25) is 0 Å². The molecule has 1 unspecified atom stereocenters. The number of halogens is 3. The van der Waals surface area contributed by atoms with Crippen LogP contribution in [0.4, 0.5) is 4.39 Å². The van der Waals surface area contributed by atoms with E-state index in [9.17, 15) is 4.39 Å². The van der Waals surface area contributed by atoms with Gasteiger partial charge in [0.2, 0.25) is 0 Å². The number of nitrogens with zero attached hydrogens (tertiary/aromatic N) is 2. The van der Waals surface area contributed by atoms with Crippen molar-refractivity contribution >= 4 is 34.2 Å². The van der Waals surface area contributed by atoms with Crippen LogP contribution in [0.5, 0.6) is 0 Å². The third-order valence-electron chi connectivity index (χ3n) is 3.80. The second-order valence-electron chi connectivity index (χ2n) is 5.55. The second-order valence-corrected chi connectivity index (χ2v) is 6.34. The molecule has 110 valence electrons. The number of aromatic nitrogens is 2. The van der Waals surface area contributed by atoms with Gasteiger partial charge in [0, 0.05) is 24.9 Å². The lowest BCUT2D eigenvalue weighted by Crippen LogP contribution is -2.15. The molecular weight excluding hydrogens is 298 g/mol. The zero-order chi connectivity index (χ0) is 14.9. The molecule has 0 aliphatic rings. The van der Waals surface area contributed by atoms with Crippen molar-refractivity contribution in [1.29, 1.82) is 0 Å². The highest BCUT2D eigenvalue weighted by Gasteiger charge is 2.16. The summed E-state index contributed by atoms with van der Waals surface area (Å²) >= 11 is 11.7. The standard InChI is InChI=1S/C15H19Cl2FN2/c1-9(2)10(3)8-20-14-7-12(18)11(17)6-13(14)19-15(20)4-5-16/h6-7,9-10H,4-5,8H2,1-3H3. The van der Waals surface area contributed by atoms with Crippen molar-refractivity contribution in [2.45, 2.75) is 33.7 Å². The molecule has 0 spiro atoms. The minimum atomic E-state index is -0.407. The summed E-state index contributed by atoms with van der Waals surface area (Å²) in [4.78, 5) is 4.54. The number of aryl methyl sites for hydroxylation is 1. The van der Waals surface area contributed by atoms with Crippen molar-refractivity contribution in [3.63, 3.8) is 0 Å². The summed E-state index contributed by atoms with van der Waals surface area (Å²) in [5.74, 6) is 2.00. The molecule has 20 heavy (non-hydrogen) atoms. The molecule has 1 heterocycles. The molecule has 0 saturated carbocycles. The molecule has 2 nitrogen and oxygen atoms in total. The molecule has 1 aromatic heterocycles. The van der Waals surface area contributed by atoms with Crippen LogP contribution in [0, 0.1) is 17.7 Å². The van der Waals surface area contributed by atoms with Crippen molar-refractivity contribution in [3.05, 3.63) is 28.8 Å². The van der Waals surface area contributed by atoms with Crippen molar-refractivity contribution in [2.75, 3.05) is 5.88 Å². The molecule has 0 amide bonds. The van der Waals surface area contributed by atoms with Gasteiger partial charge >= 0.3 is 0 Å². The van der Waals surface area contributed by atoms with Gasteiger partial charge in [0.25, 0.3) is 0 Å². The van der Waals surface area contributed by atoms with Crippen LogP contribution in [-0.4, -0.2) is 15.4 Å². The van der Waals surface area contributed by atoms with E-state index in [-0.39, 0.29) is 5.02 Å². The smallest absolute Gasteiger partial charge is 0.144 e. The van der Waals surface area contributed by atoms with Gasteiger partial charge in [-0.2, -0.15) is 0 Å². The number of rotatable bonds is 5. The second kappa shape index (κ2) is 6.31. The van der Waals surface area contributed by atoms with Gasteiger partial charge in [-0.05, 0) is 17.9 Å². The molecule has 0 N–H and O–H groups in total. The quantitative estimate of drug-likeness (QED) is 0.717. The summed E-state index contributed by atoms with van der Waals surface area (Å²) in [5.41, 5.74) is 1.52. The van der Waals surface area contributed by atoms with E-state index < -0.39 is 5.82 Å². The van der Waals surface area contributed by atoms with Crippen LogP contribution >= 0.6 is 23.2 Å². The molecule has 2 aromatic rings. The predicted molar refractivity (Wildman–Crippen MR) is 83.1 cm³/mol. The van der Waals surface area contributed by atoms with Gasteiger partial charge in [-0.25, -0.2) is 9.37 Å². The highest BCUT2D eigenvalue weighted by atomic mass is 35.5. The van der Waals surface area contributed by atoms with Crippen molar-refractivity contribution < 1.29 is 4.39 Å². The molecular formula is C15H19Cl2FN2. The van der Waals surface area contributed by atoms with E-state index >= 15 is 0 Å². The minimum absolute atomic E-state index is 0.108. The van der Waals surface area contributed by atoms with Crippen LogP contribution in [0.3, 0.4) is 0 Å². The van der Waals surface area contributed by atoms with E-state index in [1.54, 1.807) is 6.07 Å². The van der Waals surface area contributed by atoms with Crippen molar-refractivity contribution in [3.8, 4) is 0 Å². The molecule has 0 aliphatic carbocycles. The molecule has 5 heteroatoms. The van der Waals surface area contributed by atoms with E-state index in [4.69, 9.17) is 23.2 Å². The highest BCUT2D eigenvalue weighted by Crippen LogP contribution is 2.26. The number of fused-ring (bicyclic) bond motifs is 1. The maximum Gasteiger partial charge on any atom is 0.144 e. The average molecular weight is 317 g/mol. The first-order valence-electron chi connectivity index (χ1n) is 6.84. The zero-order valence-electron chi connectivity index (χ0n) is 12.0. The van der Waals surface area contributed by atoms with E-state index in [0.717, 1.165) is 23.4 Å². The summed E-state index contributed by atoms with van der Waals surface area (Å²) < 4.78 is 15.8. The Morgan fingerprint density at radius 1 is 1.30 bits per heavy atom.